The molecule has 0 spiro atoms. The van der Waals surface area contributed by atoms with Crippen molar-refractivity contribution < 1.29 is 23.1 Å². The molecule has 0 aliphatic rings. The number of rotatable bonds is 4. The highest BCUT2D eigenvalue weighted by molar-refractivity contribution is 5.92. The molecule has 0 aliphatic carbocycles. The van der Waals surface area contributed by atoms with E-state index in [-0.39, 0.29) is 0 Å². The van der Waals surface area contributed by atoms with Crippen molar-refractivity contribution in [1.82, 2.24) is 19.7 Å². The predicted molar refractivity (Wildman–Crippen MR) is 127 cm³/mol. The van der Waals surface area contributed by atoms with Crippen molar-refractivity contribution in [2.45, 2.75) is 12.7 Å². The number of hydrogen-bond donors (Lipinski definition) is 2. The molecule has 10 heteroatoms. The lowest BCUT2D eigenvalue weighted by Crippen LogP contribution is -2.21. The molecule has 3 heterocycles. The molecule has 2 aromatic carbocycles. The summed E-state index contributed by atoms with van der Waals surface area (Å²) >= 11 is 0. The quantitative estimate of drug-likeness (QED) is 0.339. The summed E-state index contributed by atoms with van der Waals surface area (Å²) in [6.45, 7) is 0.682. The van der Waals surface area contributed by atoms with E-state index in [9.17, 15) is 18.4 Å². The van der Waals surface area contributed by atoms with E-state index in [2.05, 4.69) is 51.6 Å². The van der Waals surface area contributed by atoms with Gasteiger partial charge in [-0.05, 0) is 40.5 Å². The standard InChI is InChI=1S/C24H17N5.C2HF3O2/c25-13-19-3-1-2-4-21(19)18-7-5-17(6-8-18)15-29-16-20(14-28-29)22-9-11-26-24-23(22)10-12-27-24;3-2(4,5)1(6)7/h1-12,14,16H,15H2,(H,26,27);(H,6,7). The summed E-state index contributed by atoms with van der Waals surface area (Å²) < 4.78 is 33.7. The fraction of sp³-hybridized carbons (Fsp3) is 0.0769. The number of aliphatic carboxylic acids is 1. The maximum Gasteiger partial charge on any atom is 0.490 e. The van der Waals surface area contributed by atoms with Gasteiger partial charge in [0.1, 0.15) is 5.65 Å². The van der Waals surface area contributed by atoms with Crippen LogP contribution in [0.15, 0.2) is 85.5 Å². The molecular formula is C26H18F3N5O2. The number of H-pyrrole nitrogens is 1. The van der Waals surface area contributed by atoms with Gasteiger partial charge in [0, 0.05) is 29.5 Å². The Labute approximate surface area is 203 Å². The molecule has 0 atom stereocenters. The van der Waals surface area contributed by atoms with Crippen molar-refractivity contribution in [2.75, 3.05) is 0 Å². The van der Waals surface area contributed by atoms with E-state index >= 15 is 0 Å². The number of halogens is 3. The van der Waals surface area contributed by atoms with Crippen molar-refractivity contribution in [2.24, 2.45) is 0 Å². The summed E-state index contributed by atoms with van der Waals surface area (Å²) in [7, 11) is 0. The lowest BCUT2D eigenvalue weighted by atomic mass is 9.99. The Morgan fingerprint density at radius 2 is 1.75 bits per heavy atom. The zero-order valence-corrected chi connectivity index (χ0v) is 18.6. The van der Waals surface area contributed by atoms with Gasteiger partial charge in [-0.3, -0.25) is 4.68 Å². The van der Waals surface area contributed by atoms with Crippen molar-refractivity contribution in [1.29, 1.82) is 5.26 Å². The summed E-state index contributed by atoms with van der Waals surface area (Å²) in [5.41, 5.74) is 6.89. The third-order valence-corrected chi connectivity index (χ3v) is 5.30. The van der Waals surface area contributed by atoms with Crippen LogP contribution < -0.4 is 0 Å². The topological polar surface area (TPSA) is 108 Å². The number of benzene rings is 2. The van der Waals surface area contributed by atoms with E-state index in [1.54, 1.807) is 0 Å². The van der Waals surface area contributed by atoms with Crippen LogP contribution in [0.4, 0.5) is 13.2 Å². The number of carboxylic acid groups (broad SMARTS) is 1. The monoisotopic (exact) mass is 489 g/mol. The molecule has 0 radical (unpaired) electrons. The predicted octanol–water partition coefficient (Wildman–Crippen LogP) is 5.65. The number of carboxylic acids is 1. The number of fused-ring (bicyclic) bond motifs is 1. The fourth-order valence-electron chi connectivity index (χ4n) is 3.61. The minimum absolute atomic E-state index is 0.682. The van der Waals surface area contributed by atoms with Crippen LogP contribution >= 0.6 is 0 Å². The highest BCUT2D eigenvalue weighted by Crippen LogP contribution is 2.27. The van der Waals surface area contributed by atoms with Gasteiger partial charge in [0.2, 0.25) is 0 Å². The molecule has 0 saturated carbocycles. The molecule has 0 aliphatic heterocycles. The van der Waals surface area contributed by atoms with Crippen molar-refractivity contribution in [3.8, 4) is 28.3 Å². The van der Waals surface area contributed by atoms with Crippen LogP contribution in [-0.4, -0.2) is 37.0 Å². The lowest BCUT2D eigenvalue weighted by molar-refractivity contribution is -0.192. The second-order valence-corrected chi connectivity index (χ2v) is 7.68. The number of aromatic amines is 1. The first-order valence-electron chi connectivity index (χ1n) is 10.6. The Bertz CT molecular complexity index is 1550. The first-order valence-corrected chi connectivity index (χ1v) is 10.6. The summed E-state index contributed by atoms with van der Waals surface area (Å²) in [6.07, 6.45) is 2.57. The van der Waals surface area contributed by atoms with E-state index in [1.165, 1.54) is 0 Å². The van der Waals surface area contributed by atoms with Crippen LogP contribution in [-0.2, 0) is 11.3 Å². The van der Waals surface area contributed by atoms with Crippen LogP contribution in [0.25, 0.3) is 33.3 Å². The van der Waals surface area contributed by atoms with Gasteiger partial charge < -0.3 is 10.1 Å². The molecular weight excluding hydrogens is 471 g/mol. The minimum atomic E-state index is -5.08. The smallest absolute Gasteiger partial charge is 0.475 e. The highest BCUT2D eigenvalue weighted by atomic mass is 19.4. The van der Waals surface area contributed by atoms with Crippen LogP contribution in [0, 0.1) is 11.3 Å². The molecule has 0 fully saturated rings. The molecule has 0 unspecified atom stereocenters. The number of hydrogen-bond acceptors (Lipinski definition) is 4. The Kier molecular flexibility index (Phi) is 6.83. The third kappa shape index (κ3) is 5.42. The lowest BCUT2D eigenvalue weighted by Gasteiger charge is -2.06. The number of nitrogens with one attached hydrogen (secondary N) is 1. The molecule has 5 rings (SSSR count). The molecule has 7 nitrogen and oxygen atoms in total. The summed E-state index contributed by atoms with van der Waals surface area (Å²) in [5, 5.41) is 22.1. The average molecular weight is 489 g/mol. The first kappa shape index (κ1) is 24.2. The van der Waals surface area contributed by atoms with Gasteiger partial charge in [0.05, 0.1) is 24.4 Å². The molecule has 3 aromatic heterocycles. The Balaban J connectivity index is 0.000000384. The van der Waals surface area contributed by atoms with Crippen LogP contribution in [0.5, 0.6) is 0 Å². The summed E-state index contributed by atoms with van der Waals surface area (Å²) in [5.74, 6) is -2.76. The molecule has 5 aromatic rings. The molecule has 180 valence electrons. The summed E-state index contributed by atoms with van der Waals surface area (Å²) in [6, 6.07) is 22.2. The minimum Gasteiger partial charge on any atom is -0.475 e. The van der Waals surface area contributed by atoms with Crippen molar-refractivity contribution in [3.05, 3.63) is 96.6 Å². The number of carbonyl (C=O) groups is 1. The van der Waals surface area contributed by atoms with Gasteiger partial charge in [-0.1, -0.05) is 42.5 Å². The van der Waals surface area contributed by atoms with E-state index in [1.807, 2.05) is 59.7 Å². The Hall–Kier alpha value is -4.91. The molecule has 0 amide bonds. The SMILES string of the molecule is N#Cc1ccccc1-c1ccc(Cn2cc(-c3ccnc4[nH]ccc34)cn2)cc1.O=C(O)C(F)(F)F. The van der Waals surface area contributed by atoms with Gasteiger partial charge in [0.15, 0.2) is 0 Å². The fourth-order valence-corrected chi connectivity index (χ4v) is 3.61. The highest BCUT2D eigenvalue weighted by Gasteiger charge is 2.38. The van der Waals surface area contributed by atoms with Crippen LogP contribution in [0.1, 0.15) is 11.1 Å². The Morgan fingerprint density at radius 1 is 1.03 bits per heavy atom. The second-order valence-electron chi connectivity index (χ2n) is 7.68. The number of pyridine rings is 1. The van der Waals surface area contributed by atoms with Crippen molar-refractivity contribution >= 4 is 17.0 Å². The van der Waals surface area contributed by atoms with E-state index in [4.69, 9.17) is 9.90 Å². The van der Waals surface area contributed by atoms with Gasteiger partial charge in [-0.25, -0.2) is 9.78 Å². The largest absolute Gasteiger partial charge is 0.490 e. The average Bonchev–Trinajstić information content (AvgIpc) is 3.54. The zero-order chi connectivity index (χ0) is 25.7. The van der Waals surface area contributed by atoms with Gasteiger partial charge in [-0.2, -0.15) is 23.5 Å². The number of nitrogens with zero attached hydrogens (tertiary/aromatic N) is 4. The number of nitriles is 1. The van der Waals surface area contributed by atoms with Crippen molar-refractivity contribution in [3.63, 3.8) is 0 Å². The van der Waals surface area contributed by atoms with Gasteiger partial charge in [0.25, 0.3) is 0 Å². The second kappa shape index (κ2) is 10.1. The van der Waals surface area contributed by atoms with E-state index in [0.717, 1.165) is 38.9 Å². The van der Waals surface area contributed by atoms with Gasteiger partial charge in [-0.15, -0.1) is 0 Å². The molecule has 2 N–H and O–H groups in total. The van der Waals surface area contributed by atoms with Crippen LogP contribution in [0.3, 0.4) is 0 Å². The number of aromatic nitrogens is 4. The third-order valence-electron chi connectivity index (χ3n) is 5.30. The summed E-state index contributed by atoms with van der Waals surface area (Å²) in [4.78, 5) is 16.4. The molecule has 0 bridgehead atoms. The maximum atomic E-state index is 10.6. The number of alkyl halides is 3. The van der Waals surface area contributed by atoms with Crippen LogP contribution in [0.2, 0.25) is 0 Å². The Morgan fingerprint density at radius 3 is 2.44 bits per heavy atom. The molecule has 0 saturated heterocycles. The first-order chi connectivity index (χ1) is 17.3. The normalized spacial score (nSPS) is 10.9. The van der Waals surface area contributed by atoms with Gasteiger partial charge >= 0.3 is 12.1 Å². The van der Waals surface area contributed by atoms with E-state index < -0.39 is 12.1 Å². The zero-order valence-electron chi connectivity index (χ0n) is 18.6. The van der Waals surface area contributed by atoms with E-state index in [0.29, 0.717) is 12.1 Å². The maximum absolute atomic E-state index is 10.6. The molecule has 36 heavy (non-hydrogen) atoms.